The van der Waals surface area contributed by atoms with Crippen molar-refractivity contribution in [2.45, 2.75) is 18.9 Å². The standard InChI is InChI=1S/C18H18N6O/c19-18-14-9-24(12-2-1-7-25-10-12)23-17(14)13-4-3-11(8-16(13)21-18)15-5-6-20-22-15/h3-6,8-9,12H,1-2,7,10H2,(H2,19,21)(H,20,22). The molecule has 1 saturated heterocycles. The first-order valence-corrected chi connectivity index (χ1v) is 8.45. The second kappa shape index (κ2) is 5.56. The highest BCUT2D eigenvalue weighted by molar-refractivity contribution is 6.08. The maximum Gasteiger partial charge on any atom is 0.135 e. The topological polar surface area (TPSA) is 94.6 Å². The molecular weight excluding hydrogens is 316 g/mol. The van der Waals surface area contributed by atoms with Gasteiger partial charge in [0.2, 0.25) is 0 Å². The number of fused-ring (bicyclic) bond motifs is 3. The number of aromatic nitrogens is 5. The Hall–Kier alpha value is -2.93. The molecule has 126 valence electrons. The van der Waals surface area contributed by atoms with Crippen LogP contribution in [0.3, 0.4) is 0 Å². The molecule has 3 N–H and O–H groups in total. The quantitative estimate of drug-likeness (QED) is 0.588. The maximum absolute atomic E-state index is 6.22. The maximum atomic E-state index is 6.22. The second-order valence-corrected chi connectivity index (χ2v) is 6.43. The lowest BCUT2D eigenvalue weighted by molar-refractivity contribution is 0.0552. The Balaban J connectivity index is 1.67. The smallest absolute Gasteiger partial charge is 0.135 e. The van der Waals surface area contributed by atoms with Gasteiger partial charge < -0.3 is 10.5 Å². The number of anilines is 1. The van der Waals surface area contributed by atoms with E-state index < -0.39 is 0 Å². The zero-order valence-corrected chi connectivity index (χ0v) is 13.6. The number of nitrogen functional groups attached to an aromatic ring is 1. The monoisotopic (exact) mass is 334 g/mol. The molecule has 7 heteroatoms. The van der Waals surface area contributed by atoms with Crippen molar-refractivity contribution >= 4 is 27.6 Å². The summed E-state index contributed by atoms with van der Waals surface area (Å²) in [5.41, 5.74) is 9.82. The van der Waals surface area contributed by atoms with Crippen LogP contribution in [0.2, 0.25) is 0 Å². The Morgan fingerprint density at radius 3 is 3.00 bits per heavy atom. The van der Waals surface area contributed by atoms with E-state index in [0.717, 1.165) is 52.5 Å². The van der Waals surface area contributed by atoms with E-state index in [0.29, 0.717) is 12.4 Å². The Kier molecular flexibility index (Phi) is 3.21. The SMILES string of the molecule is Nc1nc2cc(-c3cc[nH]n3)ccc2c2nn(C3CCCOC3)cc12. The largest absolute Gasteiger partial charge is 0.383 e. The number of nitrogens with two attached hydrogens (primary N) is 1. The van der Waals surface area contributed by atoms with Crippen LogP contribution in [0, 0.1) is 0 Å². The minimum atomic E-state index is 0.263. The fraction of sp³-hybridized carbons (Fsp3) is 0.278. The highest BCUT2D eigenvalue weighted by atomic mass is 16.5. The first kappa shape index (κ1) is 14.4. The molecule has 0 spiro atoms. The van der Waals surface area contributed by atoms with Crippen LogP contribution in [0.25, 0.3) is 33.1 Å². The molecule has 0 saturated carbocycles. The van der Waals surface area contributed by atoms with E-state index >= 15 is 0 Å². The van der Waals surface area contributed by atoms with Gasteiger partial charge >= 0.3 is 0 Å². The van der Waals surface area contributed by atoms with Crippen molar-refractivity contribution in [3.05, 3.63) is 36.7 Å². The fourth-order valence-electron chi connectivity index (χ4n) is 3.49. The zero-order chi connectivity index (χ0) is 16.8. The van der Waals surface area contributed by atoms with Gasteiger partial charge in [0, 0.05) is 30.0 Å². The lowest BCUT2D eigenvalue weighted by Crippen LogP contribution is -2.21. The van der Waals surface area contributed by atoms with E-state index in [1.807, 2.05) is 35.1 Å². The second-order valence-electron chi connectivity index (χ2n) is 6.43. The lowest BCUT2D eigenvalue weighted by atomic mass is 10.1. The van der Waals surface area contributed by atoms with Crippen LogP contribution < -0.4 is 5.73 Å². The first-order valence-electron chi connectivity index (χ1n) is 8.45. The number of hydrogen-bond acceptors (Lipinski definition) is 5. The minimum Gasteiger partial charge on any atom is -0.383 e. The summed E-state index contributed by atoms with van der Waals surface area (Å²) in [4.78, 5) is 4.59. The molecule has 0 radical (unpaired) electrons. The van der Waals surface area contributed by atoms with Crippen LogP contribution in [0.15, 0.2) is 36.7 Å². The molecule has 4 heterocycles. The molecule has 1 aromatic carbocycles. The molecule has 0 aliphatic carbocycles. The molecule has 7 nitrogen and oxygen atoms in total. The Morgan fingerprint density at radius 1 is 1.24 bits per heavy atom. The predicted molar refractivity (Wildman–Crippen MR) is 96.1 cm³/mol. The summed E-state index contributed by atoms with van der Waals surface area (Å²) in [6, 6.07) is 8.28. The minimum absolute atomic E-state index is 0.263. The van der Waals surface area contributed by atoms with E-state index in [2.05, 4.69) is 15.2 Å². The summed E-state index contributed by atoms with van der Waals surface area (Å²) in [7, 11) is 0. The van der Waals surface area contributed by atoms with Crippen LogP contribution in [0.5, 0.6) is 0 Å². The van der Waals surface area contributed by atoms with Gasteiger partial charge in [-0.1, -0.05) is 6.07 Å². The number of nitrogens with one attached hydrogen (secondary N) is 1. The summed E-state index contributed by atoms with van der Waals surface area (Å²) in [5.74, 6) is 0.504. The Labute approximate surface area is 143 Å². The number of pyridine rings is 1. The Morgan fingerprint density at radius 2 is 2.20 bits per heavy atom. The van der Waals surface area contributed by atoms with E-state index in [4.69, 9.17) is 15.6 Å². The van der Waals surface area contributed by atoms with E-state index in [1.165, 1.54) is 0 Å². The van der Waals surface area contributed by atoms with E-state index in [9.17, 15) is 0 Å². The molecule has 25 heavy (non-hydrogen) atoms. The van der Waals surface area contributed by atoms with Crippen molar-refractivity contribution in [1.82, 2.24) is 25.0 Å². The fourth-order valence-corrected chi connectivity index (χ4v) is 3.49. The predicted octanol–water partition coefficient (Wildman–Crippen LogP) is 2.91. The number of ether oxygens (including phenoxy) is 1. The highest BCUT2D eigenvalue weighted by Gasteiger charge is 2.19. The first-order chi connectivity index (χ1) is 12.3. The number of nitrogens with zero attached hydrogens (tertiary/aromatic N) is 4. The van der Waals surface area contributed by atoms with Crippen molar-refractivity contribution in [1.29, 1.82) is 0 Å². The number of H-pyrrole nitrogens is 1. The number of hydrogen-bond donors (Lipinski definition) is 2. The number of rotatable bonds is 2. The molecule has 1 atom stereocenters. The summed E-state index contributed by atoms with van der Waals surface area (Å²) in [6.07, 6.45) is 5.93. The molecule has 4 aromatic rings. The van der Waals surface area contributed by atoms with Crippen molar-refractivity contribution in [3.8, 4) is 11.3 Å². The van der Waals surface area contributed by atoms with Gasteiger partial charge in [0.1, 0.15) is 11.3 Å². The molecule has 1 aliphatic heterocycles. The van der Waals surface area contributed by atoms with Gasteiger partial charge in [-0.25, -0.2) is 4.98 Å². The Bertz CT molecular complexity index is 1050. The third-order valence-corrected chi connectivity index (χ3v) is 4.81. The van der Waals surface area contributed by atoms with Crippen LogP contribution in [-0.4, -0.2) is 38.2 Å². The average molecular weight is 334 g/mol. The van der Waals surface area contributed by atoms with Gasteiger partial charge in [-0.15, -0.1) is 0 Å². The van der Waals surface area contributed by atoms with E-state index in [1.54, 1.807) is 6.20 Å². The molecule has 1 fully saturated rings. The molecule has 5 rings (SSSR count). The number of benzene rings is 1. The summed E-state index contributed by atoms with van der Waals surface area (Å²) in [6.45, 7) is 1.53. The van der Waals surface area contributed by atoms with Gasteiger partial charge in [0.05, 0.1) is 29.2 Å². The number of aromatic amines is 1. The lowest BCUT2D eigenvalue weighted by Gasteiger charge is -2.22. The van der Waals surface area contributed by atoms with Gasteiger partial charge in [-0.05, 0) is 31.0 Å². The third-order valence-electron chi connectivity index (χ3n) is 4.81. The van der Waals surface area contributed by atoms with Crippen LogP contribution >= 0.6 is 0 Å². The summed E-state index contributed by atoms with van der Waals surface area (Å²) >= 11 is 0. The molecule has 3 aromatic heterocycles. The van der Waals surface area contributed by atoms with Gasteiger partial charge in [0.25, 0.3) is 0 Å². The van der Waals surface area contributed by atoms with E-state index in [-0.39, 0.29) is 6.04 Å². The summed E-state index contributed by atoms with van der Waals surface area (Å²) in [5, 5.41) is 13.8. The molecule has 1 aliphatic rings. The van der Waals surface area contributed by atoms with Gasteiger partial charge in [-0.2, -0.15) is 10.2 Å². The molecule has 0 bridgehead atoms. The molecular formula is C18H18N6O. The van der Waals surface area contributed by atoms with Crippen molar-refractivity contribution < 1.29 is 4.74 Å². The van der Waals surface area contributed by atoms with Crippen molar-refractivity contribution in [2.24, 2.45) is 0 Å². The van der Waals surface area contributed by atoms with Gasteiger partial charge in [0.15, 0.2) is 0 Å². The normalized spacial score (nSPS) is 18.2. The summed E-state index contributed by atoms with van der Waals surface area (Å²) < 4.78 is 7.58. The van der Waals surface area contributed by atoms with Crippen molar-refractivity contribution in [2.75, 3.05) is 18.9 Å². The van der Waals surface area contributed by atoms with Gasteiger partial charge in [-0.3, -0.25) is 9.78 Å². The third kappa shape index (κ3) is 2.35. The van der Waals surface area contributed by atoms with Crippen LogP contribution in [-0.2, 0) is 4.74 Å². The highest BCUT2D eigenvalue weighted by Crippen LogP contribution is 2.31. The van der Waals surface area contributed by atoms with Crippen LogP contribution in [0.4, 0.5) is 5.82 Å². The van der Waals surface area contributed by atoms with Crippen LogP contribution in [0.1, 0.15) is 18.9 Å². The molecule has 1 unspecified atom stereocenters. The van der Waals surface area contributed by atoms with Crippen molar-refractivity contribution in [3.63, 3.8) is 0 Å². The zero-order valence-electron chi connectivity index (χ0n) is 13.6. The molecule has 0 amide bonds. The average Bonchev–Trinajstić information content (AvgIpc) is 3.32.